The van der Waals surface area contributed by atoms with Crippen LogP contribution in [0, 0.1) is 10.1 Å². The molecule has 0 aliphatic heterocycles. The van der Waals surface area contributed by atoms with E-state index < -0.39 is 4.92 Å². The van der Waals surface area contributed by atoms with Gasteiger partial charge in [-0.2, -0.15) is 0 Å². The Morgan fingerprint density at radius 2 is 1.88 bits per heavy atom. The van der Waals surface area contributed by atoms with Crippen LogP contribution in [0.4, 0.5) is 17.2 Å². The molecule has 0 radical (unpaired) electrons. The summed E-state index contributed by atoms with van der Waals surface area (Å²) in [5.74, 6) is 1.03. The normalized spacial score (nSPS) is 14.6. The lowest BCUT2D eigenvalue weighted by molar-refractivity contribution is -0.384. The molecule has 0 atom stereocenters. The second-order valence-electron chi connectivity index (χ2n) is 5.74. The smallest absolute Gasteiger partial charge is 0.312 e. The molecule has 0 unspecified atom stereocenters. The lowest BCUT2D eigenvalue weighted by Gasteiger charge is -2.30. The Labute approximate surface area is 145 Å². The average molecular weight is 348 g/mol. The summed E-state index contributed by atoms with van der Waals surface area (Å²) < 4.78 is 5.20. The Bertz CT molecular complexity index is 730. The molecule has 1 aliphatic rings. The third-order valence-electron chi connectivity index (χ3n) is 4.29. The topological polar surface area (TPSA) is 68.5 Å². The van der Waals surface area contributed by atoms with Crippen molar-refractivity contribution >= 4 is 28.8 Å². The molecule has 24 heavy (non-hydrogen) atoms. The van der Waals surface area contributed by atoms with Crippen LogP contribution in [0.1, 0.15) is 25.7 Å². The van der Waals surface area contributed by atoms with Crippen LogP contribution in [0.15, 0.2) is 36.4 Å². The summed E-state index contributed by atoms with van der Waals surface area (Å²) in [6, 6.07) is 10.5. The molecule has 2 aromatic rings. The van der Waals surface area contributed by atoms with Gasteiger partial charge in [-0.3, -0.25) is 10.1 Å². The van der Waals surface area contributed by atoms with Crippen LogP contribution >= 0.6 is 11.6 Å². The van der Waals surface area contributed by atoms with Crippen LogP contribution in [0.2, 0.25) is 5.15 Å². The first-order chi connectivity index (χ1) is 11.6. The average Bonchev–Trinajstić information content (AvgIpc) is 3.10. The number of pyridine rings is 1. The van der Waals surface area contributed by atoms with E-state index >= 15 is 0 Å². The van der Waals surface area contributed by atoms with Gasteiger partial charge in [-0.1, -0.05) is 24.4 Å². The van der Waals surface area contributed by atoms with Crippen molar-refractivity contribution < 1.29 is 9.66 Å². The Balaban J connectivity index is 2.11. The predicted molar refractivity (Wildman–Crippen MR) is 93.3 cm³/mol. The molecule has 6 nitrogen and oxygen atoms in total. The summed E-state index contributed by atoms with van der Waals surface area (Å²) in [7, 11) is 1.60. The van der Waals surface area contributed by atoms with Gasteiger partial charge in [-0.05, 0) is 43.2 Å². The molecule has 0 spiro atoms. The van der Waals surface area contributed by atoms with Crippen molar-refractivity contribution in [2.45, 2.75) is 31.7 Å². The second kappa shape index (κ2) is 7.05. The summed E-state index contributed by atoms with van der Waals surface area (Å²) in [6.07, 6.45) is 4.14. The molecule has 1 aromatic carbocycles. The number of hydrogen-bond acceptors (Lipinski definition) is 5. The highest BCUT2D eigenvalue weighted by Gasteiger charge is 2.30. The lowest BCUT2D eigenvalue weighted by Crippen LogP contribution is -2.30. The molecular formula is C17H18ClN3O3. The SMILES string of the molecule is COc1ccc(N(c2nc(Cl)ccc2[N+](=O)[O-])C2CCCC2)cc1. The minimum absolute atomic E-state index is 0.0397. The summed E-state index contributed by atoms with van der Waals surface area (Å²) in [5.41, 5.74) is 0.808. The second-order valence-corrected chi connectivity index (χ2v) is 6.13. The van der Waals surface area contributed by atoms with Gasteiger partial charge in [0.15, 0.2) is 0 Å². The fourth-order valence-corrected chi connectivity index (χ4v) is 3.29. The molecule has 126 valence electrons. The predicted octanol–water partition coefficient (Wildman–Crippen LogP) is 4.73. The van der Waals surface area contributed by atoms with Gasteiger partial charge in [-0.15, -0.1) is 0 Å². The van der Waals surface area contributed by atoms with Crippen molar-refractivity contribution in [3.05, 3.63) is 51.7 Å². The van der Waals surface area contributed by atoms with E-state index in [0.717, 1.165) is 37.1 Å². The molecule has 1 aromatic heterocycles. The number of halogens is 1. The van der Waals surface area contributed by atoms with E-state index in [0.29, 0.717) is 5.82 Å². The van der Waals surface area contributed by atoms with Gasteiger partial charge in [-0.25, -0.2) is 4.98 Å². The maximum absolute atomic E-state index is 11.5. The standard InChI is InChI=1S/C17H18ClN3O3/c1-24-14-8-6-13(7-9-14)20(12-4-2-3-5-12)17-15(21(22)23)10-11-16(18)19-17/h6-12H,2-5H2,1H3. The number of nitro groups is 1. The molecule has 3 rings (SSSR count). The number of hydrogen-bond donors (Lipinski definition) is 0. The zero-order valence-electron chi connectivity index (χ0n) is 13.3. The summed E-state index contributed by atoms with van der Waals surface area (Å²) in [6.45, 7) is 0. The highest BCUT2D eigenvalue weighted by molar-refractivity contribution is 6.29. The van der Waals surface area contributed by atoms with Crippen LogP contribution < -0.4 is 9.64 Å². The van der Waals surface area contributed by atoms with Crippen molar-refractivity contribution in [3.8, 4) is 5.75 Å². The number of aromatic nitrogens is 1. The zero-order valence-corrected chi connectivity index (χ0v) is 14.1. The maximum atomic E-state index is 11.5. The fourth-order valence-electron chi connectivity index (χ4n) is 3.15. The Morgan fingerprint density at radius 1 is 1.21 bits per heavy atom. The van der Waals surface area contributed by atoms with E-state index in [1.165, 1.54) is 12.1 Å². The minimum Gasteiger partial charge on any atom is -0.497 e. The fraction of sp³-hybridized carbons (Fsp3) is 0.353. The van der Waals surface area contributed by atoms with Gasteiger partial charge in [0.2, 0.25) is 5.82 Å². The quantitative estimate of drug-likeness (QED) is 0.444. The number of benzene rings is 1. The summed E-state index contributed by atoms with van der Waals surface area (Å²) in [4.78, 5) is 17.3. The van der Waals surface area contributed by atoms with E-state index in [1.807, 2.05) is 29.2 Å². The van der Waals surface area contributed by atoms with Gasteiger partial charge < -0.3 is 9.64 Å². The van der Waals surface area contributed by atoms with E-state index in [-0.39, 0.29) is 16.9 Å². The van der Waals surface area contributed by atoms with Crippen molar-refractivity contribution in [1.29, 1.82) is 0 Å². The third kappa shape index (κ3) is 3.28. The van der Waals surface area contributed by atoms with E-state index in [1.54, 1.807) is 7.11 Å². The Hall–Kier alpha value is -2.34. The highest BCUT2D eigenvalue weighted by Crippen LogP contribution is 2.39. The molecule has 1 saturated carbocycles. The zero-order chi connectivity index (χ0) is 17.1. The lowest BCUT2D eigenvalue weighted by atomic mass is 10.1. The van der Waals surface area contributed by atoms with Crippen molar-refractivity contribution in [2.24, 2.45) is 0 Å². The maximum Gasteiger partial charge on any atom is 0.312 e. The van der Waals surface area contributed by atoms with Gasteiger partial charge in [0.05, 0.1) is 12.0 Å². The number of nitrogens with zero attached hydrogens (tertiary/aromatic N) is 3. The first kappa shape index (κ1) is 16.5. The van der Waals surface area contributed by atoms with Crippen molar-refractivity contribution in [3.63, 3.8) is 0 Å². The third-order valence-corrected chi connectivity index (χ3v) is 4.50. The van der Waals surface area contributed by atoms with Crippen LogP contribution in [0.25, 0.3) is 0 Å². The van der Waals surface area contributed by atoms with Gasteiger partial charge in [0.25, 0.3) is 0 Å². The first-order valence-corrected chi connectivity index (χ1v) is 8.22. The van der Waals surface area contributed by atoms with Crippen LogP contribution in [-0.4, -0.2) is 23.1 Å². The Kier molecular flexibility index (Phi) is 4.85. The summed E-state index contributed by atoms with van der Waals surface area (Å²) >= 11 is 6.03. The number of anilines is 2. The largest absolute Gasteiger partial charge is 0.497 e. The molecule has 1 aliphatic carbocycles. The van der Waals surface area contributed by atoms with Gasteiger partial charge in [0, 0.05) is 17.8 Å². The molecule has 1 heterocycles. The number of rotatable bonds is 5. The van der Waals surface area contributed by atoms with Crippen LogP contribution in [0.5, 0.6) is 5.75 Å². The molecule has 0 saturated heterocycles. The van der Waals surface area contributed by atoms with Crippen molar-refractivity contribution in [2.75, 3.05) is 12.0 Å². The monoisotopic (exact) mass is 347 g/mol. The van der Waals surface area contributed by atoms with E-state index in [9.17, 15) is 10.1 Å². The van der Waals surface area contributed by atoms with E-state index in [2.05, 4.69) is 4.98 Å². The molecule has 0 amide bonds. The minimum atomic E-state index is -0.413. The summed E-state index contributed by atoms with van der Waals surface area (Å²) in [5, 5.41) is 11.7. The van der Waals surface area contributed by atoms with Crippen LogP contribution in [-0.2, 0) is 0 Å². The Morgan fingerprint density at radius 3 is 2.46 bits per heavy atom. The highest BCUT2D eigenvalue weighted by atomic mass is 35.5. The van der Waals surface area contributed by atoms with Crippen LogP contribution in [0.3, 0.4) is 0 Å². The first-order valence-electron chi connectivity index (χ1n) is 7.84. The molecule has 0 N–H and O–H groups in total. The van der Waals surface area contributed by atoms with E-state index in [4.69, 9.17) is 16.3 Å². The van der Waals surface area contributed by atoms with Gasteiger partial charge in [0.1, 0.15) is 10.9 Å². The molecule has 1 fully saturated rings. The molecular weight excluding hydrogens is 330 g/mol. The number of methoxy groups -OCH3 is 1. The molecule has 7 heteroatoms. The molecule has 0 bridgehead atoms. The van der Waals surface area contributed by atoms with Gasteiger partial charge >= 0.3 is 5.69 Å². The van der Waals surface area contributed by atoms with Crippen molar-refractivity contribution in [1.82, 2.24) is 4.98 Å². The number of ether oxygens (including phenoxy) is 1.